The average molecular weight is 325 g/mol. The van der Waals surface area contributed by atoms with Gasteiger partial charge in [0.05, 0.1) is 11.3 Å². The molecule has 2 aromatic rings. The molecular formula is C12H9ClN4O3S. The second-order valence-corrected chi connectivity index (χ2v) is 6.46. The van der Waals surface area contributed by atoms with E-state index in [-0.39, 0.29) is 28.2 Å². The molecule has 0 bridgehead atoms. The molecule has 1 amide bonds. The number of nitrogens with one attached hydrogen (secondary N) is 2. The number of hydrogen-bond acceptors (Lipinski definition) is 5. The number of fused-ring (bicyclic) bond motifs is 1. The maximum absolute atomic E-state index is 12.3. The van der Waals surface area contributed by atoms with Gasteiger partial charge in [-0.25, -0.2) is 8.42 Å². The predicted octanol–water partition coefficient (Wildman–Crippen LogP) is 1.43. The Kier molecular flexibility index (Phi) is 3.26. The third-order valence-electron chi connectivity index (χ3n) is 2.88. The fraction of sp³-hybridized carbons (Fsp3) is 0.0833. The van der Waals surface area contributed by atoms with Crippen LogP contribution in [0.5, 0.6) is 0 Å². The van der Waals surface area contributed by atoms with E-state index in [1.807, 2.05) is 0 Å². The summed E-state index contributed by atoms with van der Waals surface area (Å²) in [5, 5.41) is 10.0. The number of nitrogens with zero attached hydrogens (tertiary/aromatic N) is 2. The minimum absolute atomic E-state index is 0.0505. The normalized spacial score (nSPS) is 13.7. The van der Waals surface area contributed by atoms with E-state index < -0.39 is 10.0 Å². The van der Waals surface area contributed by atoms with Crippen LogP contribution < -0.4 is 10.0 Å². The van der Waals surface area contributed by atoms with Gasteiger partial charge in [-0.1, -0.05) is 11.6 Å². The fourth-order valence-electron chi connectivity index (χ4n) is 1.94. The lowest BCUT2D eigenvalue weighted by molar-refractivity contribution is -0.115. The molecule has 2 N–H and O–H groups in total. The molecule has 1 aliphatic rings. The molecule has 2 heterocycles. The van der Waals surface area contributed by atoms with E-state index in [1.165, 1.54) is 24.3 Å². The van der Waals surface area contributed by atoms with Crippen LogP contribution in [0.15, 0.2) is 35.2 Å². The number of anilines is 2. The molecule has 7 nitrogen and oxygen atoms in total. The molecular weight excluding hydrogens is 316 g/mol. The SMILES string of the molecule is O=C1Cc2cc(S(=O)(=O)Nc3ccc(Cl)nn3)ccc2N1. The summed E-state index contributed by atoms with van der Waals surface area (Å²) in [6, 6.07) is 7.26. The van der Waals surface area contributed by atoms with Gasteiger partial charge in [-0.15, -0.1) is 10.2 Å². The molecule has 0 saturated carbocycles. The molecule has 1 aliphatic heterocycles. The maximum atomic E-state index is 12.3. The number of benzene rings is 1. The van der Waals surface area contributed by atoms with Gasteiger partial charge >= 0.3 is 0 Å². The van der Waals surface area contributed by atoms with Gasteiger partial charge in [0.2, 0.25) is 5.91 Å². The van der Waals surface area contributed by atoms with Gasteiger partial charge in [0.1, 0.15) is 0 Å². The van der Waals surface area contributed by atoms with Gasteiger partial charge in [0.15, 0.2) is 11.0 Å². The van der Waals surface area contributed by atoms with Crippen LogP contribution in [0.2, 0.25) is 5.15 Å². The third kappa shape index (κ3) is 2.81. The molecule has 21 heavy (non-hydrogen) atoms. The Labute approximate surface area is 125 Å². The van der Waals surface area contributed by atoms with Gasteiger partial charge in [-0.2, -0.15) is 0 Å². The number of carbonyl (C=O) groups is 1. The van der Waals surface area contributed by atoms with Crippen LogP contribution in [-0.2, 0) is 21.2 Å². The van der Waals surface area contributed by atoms with Crippen molar-refractivity contribution in [3.63, 3.8) is 0 Å². The van der Waals surface area contributed by atoms with E-state index in [4.69, 9.17) is 11.6 Å². The fourth-order valence-corrected chi connectivity index (χ4v) is 3.09. The summed E-state index contributed by atoms with van der Waals surface area (Å²) in [5.41, 5.74) is 1.27. The van der Waals surface area contributed by atoms with Crippen LogP contribution in [0.4, 0.5) is 11.5 Å². The molecule has 0 atom stereocenters. The first kappa shape index (κ1) is 13.8. The first-order chi connectivity index (χ1) is 9.94. The lowest BCUT2D eigenvalue weighted by Gasteiger charge is -2.08. The number of sulfonamides is 1. The lowest BCUT2D eigenvalue weighted by atomic mass is 10.2. The summed E-state index contributed by atoms with van der Waals surface area (Å²) in [4.78, 5) is 11.3. The van der Waals surface area contributed by atoms with Crippen molar-refractivity contribution in [2.45, 2.75) is 11.3 Å². The van der Waals surface area contributed by atoms with Crippen LogP contribution in [0.3, 0.4) is 0 Å². The second-order valence-electron chi connectivity index (χ2n) is 4.39. The summed E-state index contributed by atoms with van der Waals surface area (Å²) >= 11 is 5.59. The molecule has 0 aliphatic carbocycles. The highest BCUT2D eigenvalue weighted by atomic mass is 35.5. The summed E-state index contributed by atoms with van der Waals surface area (Å²) < 4.78 is 26.8. The van der Waals surface area contributed by atoms with Crippen molar-refractivity contribution in [1.29, 1.82) is 0 Å². The monoisotopic (exact) mass is 324 g/mol. The van der Waals surface area contributed by atoms with Crippen molar-refractivity contribution >= 4 is 39.0 Å². The highest BCUT2D eigenvalue weighted by Crippen LogP contribution is 2.26. The number of hydrogen-bond donors (Lipinski definition) is 2. The molecule has 1 aromatic carbocycles. The van der Waals surface area contributed by atoms with Crippen molar-refractivity contribution in [2.24, 2.45) is 0 Å². The number of halogens is 1. The molecule has 108 valence electrons. The van der Waals surface area contributed by atoms with Crippen molar-refractivity contribution in [3.05, 3.63) is 41.0 Å². The minimum Gasteiger partial charge on any atom is -0.326 e. The van der Waals surface area contributed by atoms with E-state index >= 15 is 0 Å². The topological polar surface area (TPSA) is 101 Å². The number of amides is 1. The Balaban J connectivity index is 1.90. The average Bonchev–Trinajstić information content (AvgIpc) is 2.80. The first-order valence-electron chi connectivity index (χ1n) is 5.89. The van der Waals surface area contributed by atoms with E-state index in [2.05, 4.69) is 20.2 Å². The Bertz CT molecular complexity index is 821. The summed E-state index contributed by atoms with van der Waals surface area (Å²) in [5.74, 6) is -0.0924. The van der Waals surface area contributed by atoms with Crippen LogP contribution in [0.1, 0.15) is 5.56 Å². The van der Waals surface area contributed by atoms with Crippen LogP contribution in [0, 0.1) is 0 Å². The van der Waals surface area contributed by atoms with Crippen molar-refractivity contribution in [1.82, 2.24) is 10.2 Å². The van der Waals surface area contributed by atoms with Gasteiger partial charge < -0.3 is 5.32 Å². The molecule has 0 spiro atoms. The zero-order valence-electron chi connectivity index (χ0n) is 10.5. The van der Waals surface area contributed by atoms with Gasteiger partial charge in [0, 0.05) is 5.69 Å². The van der Waals surface area contributed by atoms with Crippen molar-refractivity contribution in [3.8, 4) is 0 Å². The molecule has 0 saturated heterocycles. The minimum atomic E-state index is -3.80. The summed E-state index contributed by atoms with van der Waals surface area (Å²) in [6.45, 7) is 0. The molecule has 3 rings (SSSR count). The van der Waals surface area contributed by atoms with E-state index in [1.54, 1.807) is 6.07 Å². The molecule has 0 fully saturated rings. The Morgan fingerprint density at radius 3 is 2.71 bits per heavy atom. The van der Waals surface area contributed by atoms with Crippen molar-refractivity contribution in [2.75, 3.05) is 10.0 Å². The Morgan fingerprint density at radius 2 is 2.00 bits per heavy atom. The van der Waals surface area contributed by atoms with E-state index in [0.717, 1.165) is 0 Å². The van der Waals surface area contributed by atoms with E-state index in [0.29, 0.717) is 11.3 Å². The molecule has 0 unspecified atom stereocenters. The highest BCUT2D eigenvalue weighted by molar-refractivity contribution is 7.92. The Morgan fingerprint density at radius 1 is 1.19 bits per heavy atom. The lowest BCUT2D eigenvalue weighted by Crippen LogP contribution is -2.14. The zero-order valence-corrected chi connectivity index (χ0v) is 12.1. The Hall–Kier alpha value is -2.19. The first-order valence-corrected chi connectivity index (χ1v) is 7.75. The maximum Gasteiger partial charge on any atom is 0.263 e. The van der Waals surface area contributed by atoms with Crippen molar-refractivity contribution < 1.29 is 13.2 Å². The van der Waals surface area contributed by atoms with Crippen LogP contribution >= 0.6 is 11.6 Å². The quantitative estimate of drug-likeness (QED) is 0.889. The summed E-state index contributed by atoms with van der Waals surface area (Å²) in [6.07, 6.45) is 0.166. The van der Waals surface area contributed by atoms with E-state index in [9.17, 15) is 13.2 Å². The number of carbonyl (C=O) groups excluding carboxylic acids is 1. The summed E-state index contributed by atoms with van der Waals surface area (Å²) in [7, 11) is -3.80. The second kappa shape index (κ2) is 4.97. The molecule has 1 aromatic heterocycles. The van der Waals surface area contributed by atoms with Crippen LogP contribution in [0.25, 0.3) is 0 Å². The smallest absolute Gasteiger partial charge is 0.263 e. The van der Waals surface area contributed by atoms with Gasteiger partial charge in [0.25, 0.3) is 10.0 Å². The number of aromatic nitrogens is 2. The largest absolute Gasteiger partial charge is 0.326 e. The molecule has 0 radical (unpaired) electrons. The van der Waals surface area contributed by atoms with Gasteiger partial charge in [-0.3, -0.25) is 9.52 Å². The predicted molar refractivity (Wildman–Crippen MR) is 76.6 cm³/mol. The van der Waals surface area contributed by atoms with Crippen LogP contribution in [-0.4, -0.2) is 24.5 Å². The standard InChI is InChI=1S/C12H9ClN4O3S/c13-10-3-4-11(16-15-10)17-21(19,20)8-1-2-9-7(5-8)6-12(18)14-9/h1-5H,6H2,(H,14,18)(H,16,17). The highest BCUT2D eigenvalue weighted by Gasteiger charge is 2.22. The zero-order chi connectivity index (χ0) is 15.0. The molecule has 9 heteroatoms. The van der Waals surface area contributed by atoms with Gasteiger partial charge in [-0.05, 0) is 35.9 Å². The third-order valence-corrected chi connectivity index (χ3v) is 4.44. The number of rotatable bonds is 3.